The monoisotopic (exact) mass is 285 g/mol. The minimum absolute atomic E-state index is 0.710. The summed E-state index contributed by atoms with van der Waals surface area (Å²) in [5.74, 6) is 0.710. The fourth-order valence-electron chi connectivity index (χ4n) is 2.50. The number of aryl methyl sites for hydroxylation is 3. The molecule has 3 rings (SSSR count). The molecule has 1 aromatic carbocycles. The van der Waals surface area contributed by atoms with Gasteiger partial charge in [0.1, 0.15) is 5.03 Å². The minimum Gasteiger partial charge on any atom is -0.354 e. The van der Waals surface area contributed by atoms with Crippen LogP contribution in [-0.2, 0) is 12.8 Å². The lowest BCUT2D eigenvalue weighted by Gasteiger charge is -2.08. The van der Waals surface area contributed by atoms with E-state index in [0.29, 0.717) is 5.95 Å². The summed E-state index contributed by atoms with van der Waals surface area (Å²) in [5, 5.41) is 4.20. The summed E-state index contributed by atoms with van der Waals surface area (Å²) in [4.78, 5) is 10.2. The van der Waals surface area contributed by atoms with E-state index in [1.807, 2.05) is 6.20 Å². The summed E-state index contributed by atoms with van der Waals surface area (Å²) in [6.07, 6.45) is 5.63. The van der Waals surface area contributed by atoms with Gasteiger partial charge in [-0.15, -0.1) is 0 Å². The van der Waals surface area contributed by atoms with Crippen LogP contribution in [0, 0.1) is 6.92 Å². The highest BCUT2D eigenvalue weighted by molar-refractivity contribution is 7.99. The van der Waals surface area contributed by atoms with Crippen molar-refractivity contribution in [2.45, 2.75) is 43.0 Å². The Morgan fingerprint density at radius 1 is 1.25 bits per heavy atom. The molecule has 0 amide bonds. The number of aromatic nitrogens is 2. The summed E-state index contributed by atoms with van der Waals surface area (Å²) in [7, 11) is 0. The molecule has 1 aromatic heterocycles. The Balaban J connectivity index is 1.85. The first-order chi connectivity index (χ1) is 9.76. The average molecular weight is 285 g/mol. The van der Waals surface area contributed by atoms with E-state index < -0.39 is 0 Å². The molecule has 1 N–H and O–H groups in total. The molecule has 0 bridgehead atoms. The van der Waals surface area contributed by atoms with Crippen LogP contribution in [0.1, 0.15) is 30.0 Å². The van der Waals surface area contributed by atoms with E-state index in [4.69, 9.17) is 0 Å². The fraction of sp³-hybridized carbons (Fsp3) is 0.375. The molecule has 0 spiro atoms. The number of anilines is 1. The molecule has 1 aliphatic rings. The maximum Gasteiger partial charge on any atom is 0.223 e. The van der Waals surface area contributed by atoms with Crippen LogP contribution in [0.2, 0.25) is 0 Å². The van der Waals surface area contributed by atoms with Crippen molar-refractivity contribution in [3.63, 3.8) is 0 Å². The fourth-order valence-corrected chi connectivity index (χ4v) is 3.40. The first kappa shape index (κ1) is 13.4. The van der Waals surface area contributed by atoms with Gasteiger partial charge in [0.25, 0.3) is 0 Å². The lowest BCUT2D eigenvalue weighted by Crippen LogP contribution is -2.03. The molecule has 0 atom stereocenters. The molecule has 2 aromatic rings. The zero-order valence-electron chi connectivity index (χ0n) is 11.9. The molecular weight excluding hydrogens is 266 g/mol. The molecule has 104 valence electrons. The molecule has 1 aliphatic carbocycles. The Hall–Kier alpha value is -1.55. The maximum absolute atomic E-state index is 4.59. The van der Waals surface area contributed by atoms with Crippen molar-refractivity contribution in [2.24, 2.45) is 0 Å². The van der Waals surface area contributed by atoms with Gasteiger partial charge in [0.05, 0.1) is 0 Å². The number of nitrogens with zero attached hydrogens (tertiary/aromatic N) is 2. The molecule has 0 unspecified atom stereocenters. The highest BCUT2D eigenvalue weighted by Crippen LogP contribution is 2.32. The Bertz CT molecular complexity index is 625. The van der Waals surface area contributed by atoms with Crippen LogP contribution in [0.25, 0.3) is 0 Å². The largest absolute Gasteiger partial charge is 0.354 e. The second-order valence-corrected chi connectivity index (χ2v) is 6.16. The van der Waals surface area contributed by atoms with Crippen LogP contribution in [0.4, 0.5) is 5.95 Å². The molecule has 0 saturated carbocycles. The van der Waals surface area contributed by atoms with Gasteiger partial charge < -0.3 is 5.32 Å². The van der Waals surface area contributed by atoms with Gasteiger partial charge in [0.2, 0.25) is 5.95 Å². The van der Waals surface area contributed by atoms with Crippen molar-refractivity contribution in [1.82, 2.24) is 9.97 Å². The van der Waals surface area contributed by atoms with Gasteiger partial charge in [0, 0.05) is 23.2 Å². The quantitative estimate of drug-likeness (QED) is 0.866. The van der Waals surface area contributed by atoms with Crippen LogP contribution in [0.3, 0.4) is 0 Å². The lowest BCUT2D eigenvalue weighted by molar-refractivity contribution is 0.911. The van der Waals surface area contributed by atoms with Crippen molar-refractivity contribution in [1.29, 1.82) is 0 Å². The molecule has 0 radical (unpaired) electrons. The zero-order chi connectivity index (χ0) is 13.9. The van der Waals surface area contributed by atoms with E-state index in [9.17, 15) is 0 Å². The van der Waals surface area contributed by atoms with Gasteiger partial charge >= 0.3 is 0 Å². The molecule has 0 fully saturated rings. The summed E-state index contributed by atoms with van der Waals surface area (Å²) >= 11 is 1.73. The molecule has 0 aliphatic heterocycles. The average Bonchev–Trinajstić information content (AvgIpc) is 2.90. The van der Waals surface area contributed by atoms with Gasteiger partial charge in [0.15, 0.2) is 0 Å². The van der Waals surface area contributed by atoms with E-state index in [2.05, 4.69) is 47.3 Å². The number of hydrogen-bond acceptors (Lipinski definition) is 4. The molecule has 4 heteroatoms. The Labute approximate surface area is 124 Å². The lowest BCUT2D eigenvalue weighted by atomic mass is 10.1. The van der Waals surface area contributed by atoms with Crippen LogP contribution in [-0.4, -0.2) is 16.5 Å². The topological polar surface area (TPSA) is 37.8 Å². The summed E-state index contributed by atoms with van der Waals surface area (Å²) in [6.45, 7) is 4.95. The predicted molar refractivity (Wildman–Crippen MR) is 83.5 cm³/mol. The van der Waals surface area contributed by atoms with Gasteiger partial charge in [-0.1, -0.05) is 17.8 Å². The number of hydrogen-bond donors (Lipinski definition) is 1. The van der Waals surface area contributed by atoms with Crippen molar-refractivity contribution in [3.8, 4) is 0 Å². The number of nitrogens with one attached hydrogen (secondary N) is 1. The van der Waals surface area contributed by atoms with Crippen LogP contribution in [0.5, 0.6) is 0 Å². The highest BCUT2D eigenvalue weighted by Gasteiger charge is 2.12. The molecular formula is C16H19N3S. The normalized spacial score (nSPS) is 13.3. The van der Waals surface area contributed by atoms with E-state index >= 15 is 0 Å². The van der Waals surface area contributed by atoms with E-state index in [1.165, 1.54) is 35.3 Å². The van der Waals surface area contributed by atoms with Gasteiger partial charge in [-0.3, -0.25) is 0 Å². The second-order valence-electron chi connectivity index (χ2n) is 5.10. The van der Waals surface area contributed by atoms with Gasteiger partial charge in [-0.25, -0.2) is 9.97 Å². The third-order valence-corrected chi connectivity index (χ3v) is 4.64. The van der Waals surface area contributed by atoms with Crippen molar-refractivity contribution >= 4 is 17.7 Å². The van der Waals surface area contributed by atoms with Crippen LogP contribution in [0.15, 0.2) is 34.3 Å². The highest BCUT2D eigenvalue weighted by atomic mass is 32.2. The van der Waals surface area contributed by atoms with E-state index in [-0.39, 0.29) is 0 Å². The van der Waals surface area contributed by atoms with Gasteiger partial charge in [-0.2, -0.15) is 0 Å². The third kappa shape index (κ3) is 2.80. The SMILES string of the molecule is CCNc1ncc(C)c(Sc2ccc3c(c2)CCC3)n1. The number of fused-ring (bicyclic) bond motifs is 1. The maximum atomic E-state index is 4.59. The summed E-state index contributed by atoms with van der Waals surface area (Å²) < 4.78 is 0. The Morgan fingerprint density at radius 2 is 2.10 bits per heavy atom. The first-order valence-electron chi connectivity index (χ1n) is 7.13. The smallest absolute Gasteiger partial charge is 0.223 e. The van der Waals surface area contributed by atoms with E-state index in [0.717, 1.165) is 17.1 Å². The number of rotatable bonds is 4. The van der Waals surface area contributed by atoms with Crippen LogP contribution >= 0.6 is 11.8 Å². The summed E-state index contributed by atoms with van der Waals surface area (Å²) in [5.41, 5.74) is 4.15. The minimum atomic E-state index is 0.710. The molecule has 3 nitrogen and oxygen atoms in total. The van der Waals surface area contributed by atoms with Crippen molar-refractivity contribution in [3.05, 3.63) is 41.1 Å². The second kappa shape index (κ2) is 5.83. The van der Waals surface area contributed by atoms with Crippen molar-refractivity contribution < 1.29 is 0 Å². The summed E-state index contributed by atoms with van der Waals surface area (Å²) in [6, 6.07) is 6.80. The van der Waals surface area contributed by atoms with Crippen LogP contribution < -0.4 is 5.32 Å². The molecule has 1 heterocycles. The number of benzene rings is 1. The van der Waals surface area contributed by atoms with E-state index in [1.54, 1.807) is 11.8 Å². The Morgan fingerprint density at radius 3 is 2.95 bits per heavy atom. The van der Waals surface area contributed by atoms with Crippen molar-refractivity contribution in [2.75, 3.05) is 11.9 Å². The van der Waals surface area contributed by atoms with Gasteiger partial charge in [-0.05, 0) is 56.4 Å². The molecule has 20 heavy (non-hydrogen) atoms. The Kier molecular flexibility index (Phi) is 3.92. The third-order valence-electron chi connectivity index (χ3n) is 3.54. The standard InChI is InChI=1S/C16H19N3S/c1-3-17-16-18-10-11(2)15(19-16)20-14-8-7-12-5-4-6-13(12)9-14/h7-10H,3-6H2,1-2H3,(H,17,18,19). The predicted octanol–water partition coefficient (Wildman–Crippen LogP) is 3.86. The zero-order valence-corrected chi connectivity index (χ0v) is 12.8. The molecule has 0 saturated heterocycles. The first-order valence-corrected chi connectivity index (χ1v) is 7.95.